The normalized spacial score (nSPS) is 14.9. The largest absolute Gasteiger partial charge is 0.427 e. The molecule has 2 aromatic rings. The van der Waals surface area contributed by atoms with Crippen LogP contribution in [0.3, 0.4) is 0 Å². The van der Waals surface area contributed by atoms with Crippen molar-refractivity contribution in [3.63, 3.8) is 0 Å². The molecule has 0 saturated carbocycles. The maximum absolute atomic E-state index is 10.3. The summed E-state index contributed by atoms with van der Waals surface area (Å²) >= 11 is 0. The summed E-state index contributed by atoms with van der Waals surface area (Å²) < 4.78 is 5.89. The molecule has 28 heavy (non-hydrogen) atoms. The maximum atomic E-state index is 10.3. The van der Waals surface area contributed by atoms with Crippen LogP contribution >= 0.6 is 0 Å². The molecule has 0 amide bonds. The number of rotatable bonds is 8. The first-order chi connectivity index (χ1) is 13.0. The molecule has 0 aromatic heterocycles. The van der Waals surface area contributed by atoms with Gasteiger partial charge in [-0.1, -0.05) is 60.1 Å². The molecule has 0 aliphatic carbocycles. The Morgan fingerprint density at radius 3 is 2.21 bits per heavy atom. The van der Waals surface area contributed by atoms with Crippen LogP contribution in [-0.2, 0) is 10.2 Å². The van der Waals surface area contributed by atoms with Gasteiger partial charge in [-0.2, -0.15) is 0 Å². The standard InChI is InChI=1S/C24H33BNO2/c1-7-8-15-24(6,26)20-13-9-11-18(16-20)19-12-10-14-21(17-19)25-28-23(4,5)22(2,3)27/h7-14,16-17,27H,15,26H2,1-6H3/b8-7-. The number of benzene rings is 2. The van der Waals surface area contributed by atoms with Crippen molar-refractivity contribution in [2.45, 2.75) is 64.7 Å². The van der Waals surface area contributed by atoms with Crippen LogP contribution in [0.5, 0.6) is 0 Å². The van der Waals surface area contributed by atoms with Gasteiger partial charge in [-0.3, -0.25) is 0 Å². The van der Waals surface area contributed by atoms with Crippen molar-refractivity contribution in [2.24, 2.45) is 5.73 Å². The molecule has 149 valence electrons. The van der Waals surface area contributed by atoms with Crippen LogP contribution in [-0.4, -0.2) is 23.8 Å². The maximum Gasteiger partial charge on any atom is 0.330 e. The molecule has 0 heterocycles. The Bertz CT molecular complexity index is 819. The molecule has 4 heteroatoms. The van der Waals surface area contributed by atoms with Crippen LogP contribution in [0.1, 0.15) is 53.5 Å². The second-order valence-electron chi connectivity index (χ2n) is 8.70. The van der Waals surface area contributed by atoms with E-state index >= 15 is 0 Å². The van der Waals surface area contributed by atoms with E-state index in [-0.39, 0.29) is 0 Å². The summed E-state index contributed by atoms with van der Waals surface area (Å²) in [5, 5.41) is 10.3. The van der Waals surface area contributed by atoms with E-state index in [1.54, 1.807) is 21.3 Å². The van der Waals surface area contributed by atoms with Crippen LogP contribution in [0.25, 0.3) is 11.1 Å². The van der Waals surface area contributed by atoms with Crippen LogP contribution < -0.4 is 11.2 Å². The molecule has 0 spiro atoms. The van der Waals surface area contributed by atoms with Crippen LogP contribution in [0.15, 0.2) is 60.7 Å². The first-order valence-electron chi connectivity index (χ1n) is 9.81. The Hall–Kier alpha value is -1.88. The van der Waals surface area contributed by atoms with Crippen molar-refractivity contribution in [3.05, 3.63) is 66.2 Å². The summed E-state index contributed by atoms with van der Waals surface area (Å²) in [6.07, 6.45) is 4.92. The predicted molar refractivity (Wildman–Crippen MR) is 120 cm³/mol. The highest BCUT2D eigenvalue weighted by molar-refractivity contribution is 6.47. The van der Waals surface area contributed by atoms with Gasteiger partial charge in [-0.05, 0) is 70.7 Å². The van der Waals surface area contributed by atoms with Crippen molar-refractivity contribution in [1.29, 1.82) is 0 Å². The Morgan fingerprint density at radius 1 is 1.00 bits per heavy atom. The fourth-order valence-corrected chi connectivity index (χ4v) is 2.69. The summed E-state index contributed by atoms with van der Waals surface area (Å²) in [6.45, 7) is 11.3. The van der Waals surface area contributed by atoms with Gasteiger partial charge >= 0.3 is 7.48 Å². The van der Waals surface area contributed by atoms with Crippen molar-refractivity contribution in [3.8, 4) is 11.1 Å². The third kappa shape index (κ3) is 5.57. The summed E-state index contributed by atoms with van der Waals surface area (Å²) in [7, 11) is 1.71. The fraction of sp³-hybridized carbons (Fsp3) is 0.417. The lowest BCUT2D eigenvalue weighted by atomic mass is 9.81. The summed E-state index contributed by atoms with van der Waals surface area (Å²) in [4.78, 5) is 0. The van der Waals surface area contributed by atoms with Gasteiger partial charge in [-0.25, -0.2) is 0 Å². The van der Waals surface area contributed by atoms with Gasteiger partial charge in [0.15, 0.2) is 0 Å². The molecule has 2 aromatic carbocycles. The average Bonchev–Trinajstić information content (AvgIpc) is 2.64. The van der Waals surface area contributed by atoms with E-state index in [1.165, 1.54) is 0 Å². The lowest BCUT2D eigenvalue weighted by molar-refractivity contribution is -0.0893. The highest BCUT2D eigenvalue weighted by Gasteiger charge is 2.35. The molecule has 0 saturated heterocycles. The Kier molecular flexibility index (Phi) is 6.92. The highest BCUT2D eigenvalue weighted by Crippen LogP contribution is 2.28. The molecule has 0 bridgehead atoms. The van der Waals surface area contributed by atoms with Crippen molar-refractivity contribution < 1.29 is 9.76 Å². The zero-order chi connectivity index (χ0) is 21.0. The lowest BCUT2D eigenvalue weighted by Gasteiger charge is -2.37. The van der Waals surface area contributed by atoms with E-state index in [2.05, 4.69) is 49.4 Å². The molecule has 3 nitrogen and oxygen atoms in total. The number of aliphatic hydroxyl groups is 1. The summed E-state index contributed by atoms with van der Waals surface area (Å²) in [5.41, 5.74) is 8.75. The van der Waals surface area contributed by atoms with E-state index in [1.807, 2.05) is 39.0 Å². The zero-order valence-electron chi connectivity index (χ0n) is 18.0. The Morgan fingerprint density at radius 2 is 1.61 bits per heavy atom. The minimum atomic E-state index is -0.950. The SMILES string of the molecule is C/C=C\CC(C)(N)c1cccc(-c2cccc([B]OC(C)(C)C(C)(C)O)c2)c1. The molecule has 1 atom stereocenters. The quantitative estimate of drug-likeness (QED) is 0.532. The van der Waals surface area contributed by atoms with Crippen LogP contribution in [0, 0.1) is 0 Å². The number of allylic oxidation sites excluding steroid dienone is 1. The molecule has 3 N–H and O–H groups in total. The second kappa shape index (κ2) is 8.65. The summed E-state index contributed by atoms with van der Waals surface area (Å²) in [6, 6.07) is 16.5. The Balaban J connectivity index is 2.24. The van der Waals surface area contributed by atoms with Gasteiger partial charge in [0.25, 0.3) is 0 Å². The van der Waals surface area contributed by atoms with Gasteiger partial charge in [0, 0.05) is 5.54 Å². The Labute approximate surface area is 170 Å². The van der Waals surface area contributed by atoms with Gasteiger partial charge in [0.05, 0.1) is 11.2 Å². The first-order valence-corrected chi connectivity index (χ1v) is 9.81. The highest BCUT2D eigenvalue weighted by atomic mass is 16.5. The van der Waals surface area contributed by atoms with Crippen molar-refractivity contribution in [2.75, 3.05) is 0 Å². The molecule has 0 fully saturated rings. The molecule has 1 radical (unpaired) electrons. The van der Waals surface area contributed by atoms with E-state index in [0.717, 1.165) is 28.6 Å². The minimum Gasteiger partial charge on any atom is -0.427 e. The monoisotopic (exact) mass is 378 g/mol. The topological polar surface area (TPSA) is 55.5 Å². The van der Waals surface area contributed by atoms with Crippen molar-refractivity contribution in [1.82, 2.24) is 0 Å². The van der Waals surface area contributed by atoms with E-state index in [4.69, 9.17) is 10.4 Å². The molecular formula is C24H33BNO2. The zero-order valence-corrected chi connectivity index (χ0v) is 18.0. The van der Waals surface area contributed by atoms with Crippen LogP contribution in [0.4, 0.5) is 0 Å². The van der Waals surface area contributed by atoms with E-state index in [0.29, 0.717) is 0 Å². The number of hydrogen-bond acceptors (Lipinski definition) is 3. The lowest BCUT2D eigenvalue weighted by Crippen LogP contribution is -2.49. The first kappa shape index (κ1) is 22.4. The smallest absolute Gasteiger partial charge is 0.330 e. The molecule has 0 aliphatic heterocycles. The van der Waals surface area contributed by atoms with Gasteiger partial charge < -0.3 is 15.5 Å². The molecule has 0 aliphatic rings. The van der Waals surface area contributed by atoms with Crippen molar-refractivity contribution >= 4 is 12.9 Å². The molecular weight excluding hydrogens is 345 g/mol. The predicted octanol–water partition coefficient (Wildman–Crippen LogP) is 4.30. The molecule has 2 rings (SSSR count). The third-order valence-corrected chi connectivity index (χ3v) is 5.48. The van der Waals surface area contributed by atoms with Gasteiger partial charge in [0.1, 0.15) is 0 Å². The summed E-state index contributed by atoms with van der Waals surface area (Å²) in [5.74, 6) is 0. The number of nitrogens with two attached hydrogens (primary N) is 1. The molecule has 1 unspecified atom stereocenters. The van der Waals surface area contributed by atoms with Gasteiger partial charge in [-0.15, -0.1) is 0 Å². The van der Waals surface area contributed by atoms with Gasteiger partial charge in [0.2, 0.25) is 0 Å². The van der Waals surface area contributed by atoms with E-state index in [9.17, 15) is 5.11 Å². The minimum absolute atomic E-state index is 0.411. The number of hydrogen-bond donors (Lipinski definition) is 2. The van der Waals surface area contributed by atoms with E-state index < -0.39 is 16.7 Å². The second-order valence-corrected chi connectivity index (χ2v) is 8.70. The third-order valence-electron chi connectivity index (χ3n) is 5.48. The van der Waals surface area contributed by atoms with Crippen LogP contribution in [0.2, 0.25) is 0 Å². The average molecular weight is 378 g/mol. The fourth-order valence-electron chi connectivity index (χ4n) is 2.69.